The lowest BCUT2D eigenvalue weighted by Crippen LogP contribution is -2.65. The predicted octanol–water partition coefficient (Wildman–Crippen LogP) is -0.648. The number of ether oxygens (including phenoxy) is 1. The maximum absolute atomic E-state index is 12.6. The predicted molar refractivity (Wildman–Crippen MR) is 95.7 cm³/mol. The van der Waals surface area contributed by atoms with Crippen LogP contribution in [0.15, 0.2) is 4.99 Å². The molecule has 0 aromatic carbocycles. The van der Waals surface area contributed by atoms with Crippen LogP contribution < -0.4 is 5.32 Å². The first kappa shape index (κ1) is 17.5. The van der Waals surface area contributed by atoms with Crippen LogP contribution in [0.25, 0.3) is 0 Å². The minimum Gasteiger partial charge on any atom is -0.379 e. The topological polar surface area (TPSA) is 80.7 Å². The van der Waals surface area contributed by atoms with Gasteiger partial charge in [-0.15, -0.1) is 0 Å². The molecule has 9 heteroatoms. The number of likely N-dealkylation sites (N-methyl/N-ethyl adjacent to an activating group) is 1. The fourth-order valence-electron chi connectivity index (χ4n) is 4.18. The van der Waals surface area contributed by atoms with Gasteiger partial charge >= 0.3 is 6.03 Å². The number of carbonyl (C=O) groups is 2. The van der Waals surface area contributed by atoms with Crippen molar-refractivity contribution in [2.45, 2.75) is 31.5 Å². The van der Waals surface area contributed by atoms with E-state index in [1.54, 1.807) is 11.9 Å². The number of guanidine groups is 1. The van der Waals surface area contributed by atoms with E-state index in [9.17, 15) is 9.59 Å². The molecule has 4 aliphatic heterocycles. The van der Waals surface area contributed by atoms with Crippen molar-refractivity contribution in [2.75, 3.05) is 59.5 Å². The Bertz CT molecular complexity index is 585. The lowest BCUT2D eigenvalue weighted by molar-refractivity contribution is -0.127. The van der Waals surface area contributed by atoms with Gasteiger partial charge in [0.15, 0.2) is 18.2 Å². The number of hydrogen-bond acceptors (Lipinski definition) is 7. The van der Waals surface area contributed by atoms with E-state index in [1.165, 1.54) is 6.42 Å². The van der Waals surface area contributed by atoms with Crippen LogP contribution in [0, 0.1) is 0 Å². The molecule has 144 valence electrons. The molecule has 1 N–H and O–H groups in total. The summed E-state index contributed by atoms with van der Waals surface area (Å²) in [5.74, 6) is 0.639. The number of imide groups is 1. The van der Waals surface area contributed by atoms with Gasteiger partial charge in [0.1, 0.15) is 0 Å². The molecule has 4 aliphatic rings. The summed E-state index contributed by atoms with van der Waals surface area (Å²) in [4.78, 5) is 37.7. The van der Waals surface area contributed by atoms with E-state index < -0.39 is 12.2 Å². The van der Waals surface area contributed by atoms with Crippen LogP contribution in [0.4, 0.5) is 4.79 Å². The molecule has 2 atom stereocenters. The molecule has 4 heterocycles. The third kappa shape index (κ3) is 3.25. The smallest absolute Gasteiger partial charge is 0.325 e. The minimum atomic E-state index is -0.435. The highest BCUT2D eigenvalue weighted by molar-refractivity contribution is 6.03. The van der Waals surface area contributed by atoms with Crippen molar-refractivity contribution < 1.29 is 14.3 Å². The van der Waals surface area contributed by atoms with Crippen LogP contribution in [0.2, 0.25) is 0 Å². The largest absolute Gasteiger partial charge is 0.379 e. The summed E-state index contributed by atoms with van der Waals surface area (Å²) < 4.78 is 5.42. The van der Waals surface area contributed by atoms with Crippen molar-refractivity contribution in [2.24, 2.45) is 4.99 Å². The van der Waals surface area contributed by atoms with Crippen LogP contribution in [-0.2, 0) is 9.53 Å². The van der Waals surface area contributed by atoms with Gasteiger partial charge in [-0.1, -0.05) is 0 Å². The summed E-state index contributed by atoms with van der Waals surface area (Å²) in [5.41, 5.74) is 0. The Morgan fingerprint density at radius 2 is 1.81 bits per heavy atom. The molecule has 2 unspecified atom stereocenters. The van der Waals surface area contributed by atoms with E-state index in [2.05, 4.69) is 20.0 Å². The molecule has 0 aliphatic carbocycles. The van der Waals surface area contributed by atoms with Crippen LogP contribution >= 0.6 is 0 Å². The number of nitrogens with zero attached hydrogens (tertiary/aromatic N) is 5. The average Bonchev–Trinajstić information content (AvgIpc) is 3.06. The molecule has 0 spiro atoms. The fraction of sp³-hybridized carbons (Fsp3) is 0.824. The Balaban J connectivity index is 1.53. The van der Waals surface area contributed by atoms with Gasteiger partial charge in [0.05, 0.1) is 13.2 Å². The number of hydrogen-bond donors (Lipinski definition) is 1. The first-order valence-electron chi connectivity index (χ1n) is 9.62. The average molecular weight is 364 g/mol. The molecule has 9 nitrogen and oxygen atoms in total. The summed E-state index contributed by atoms with van der Waals surface area (Å²) in [6, 6.07) is -0.802. The maximum atomic E-state index is 12.6. The second kappa shape index (κ2) is 7.40. The molecule has 4 rings (SSSR count). The normalized spacial score (nSPS) is 30.3. The van der Waals surface area contributed by atoms with Gasteiger partial charge in [0.2, 0.25) is 0 Å². The quantitative estimate of drug-likeness (QED) is 0.717. The van der Waals surface area contributed by atoms with E-state index in [0.29, 0.717) is 0 Å². The number of piperidine rings is 1. The van der Waals surface area contributed by atoms with Crippen LogP contribution in [0.1, 0.15) is 19.3 Å². The van der Waals surface area contributed by atoms with Crippen LogP contribution in [0.5, 0.6) is 0 Å². The molecule has 3 amide bonds. The summed E-state index contributed by atoms with van der Waals surface area (Å²) >= 11 is 0. The number of likely N-dealkylation sites (tertiary alicyclic amines) is 1. The monoisotopic (exact) mass is 364 g/mol. The number of amides is 3. The van der Waals surface area contributed by atoms with Crippen LogP contribution in [0.3, 0.4) is 0 Å². The number of carbonyl (C=O) groups excluding carboxylic acids is 2. The molecule has 3 fully saturated rings. The van der Waals surface area contributed by atoms with E-state index in [1.807, 2.05) is 0 Å². The summed E-state index contributed by atoms with van der Waals surface area (Å²) in [7, 11) is 1.71. The summed E-state index contributed by atoms with van der Waals surface area (Å²) in [6.45, 7) is 6.88. The lowest BCUT2D eigenvalue weighted by Gasteiger charge is -2.39. The zero-order valence-electron chi connectivity index (χ0n) is 15.4. The standard InChI is InChI=1S/C17H28N6O3/c1-20-14-13(15(24)19-17(20)25)23(8-7-21-9-11-26-12-10-21)16(18-14)22-5-3-2-4-6-22/h13-14H,2-12H2,1H3,(H,19,24,25). The van der Waals surface area contributed by atoms with Crippen molar-refractivity contribution in [3.8, 4) is 0 Å². The number of rotatable bonds is 3. The fourth-order valence-corrected chi connectivity index (χ4v) is 4.18. The Morgan fingerprint density at radius 3 is 2.54 bits per heavy atom. The molecule has 26 heavy (non-hydrogen) atoms. The molecular formula is C17H28N6O3. The Kier molecular flexibility index (Phi) is 4.99. The minimum absolute atomic E-state index is 0.240. The van der Waals surface area contributed by atoms with Crippen molar-refractivity contribution in [1.29, 1.82) is 0 Å². The molecular weight excluding hydrogens is 336 g/mol. The van der Waals surface area contributed by atoms with Gasteiger partial charge in [-0.25, -0.2) is 9.79 Å². The van der Waals surface area contributed by atoms with Crippen molar-refractivity contribution in [1.82, 2.24) is 24.9 Å². The van der Waals surface area contributed by atoms with Crippen molar-refractivity contribution >= 4 is 17.9 Å². The number of fused-ring (bicyclic) bond motifs is 1. The van der Waals surface area contributed by atoms with E-state index >= 15 is 0 Å². The zero-order chi connectivity index (χ0) is 18.1. The van der Waals surface area contributed by atoms with E-state index in [4.69, 9.17) is 9.73 Å². The summed E-state index contributed by atoms with van der Waals surface area (Å²) in [5, 5.41) is 2.47. The number of aliphatic imine (C=N–C) groups is 1. The second-order valence-corrected chi connectivity index (χ2v) is 7.39. The highest BCUT2D eigenvalue weighted by Crippen LogP contribution is 2.26. The van der Waals surface area contributed by atoms with Crippen LogP contribution in [-0.4, -0.2) is 109 Å². The third-order valence-corrected chi connectivity index (χ3v) is 5.74. The maximum Gasteiger partial charge on any atom is 0.325 e. The molecule has 0 saturated carbocycles. The zero-order valence-corrected chi connectivity index (χ0v) is 15.4. The van der Waals surface area contributed by atoms with E-state index in [0.717, 1.165) is 71.3 Å². The third-order valence-electron chi connectivity index (χ3n) is 5.74. The molecule has 0 radical (unpaired) electrons. The first-order valence-corrected chi connectivity index (χ1v) is 9.62. The van der Waals surface area contributed by atoms with Gasteiger partial charge in [0.25, 0.3) is 5.91 Å². The van der Waals surface area contributed by atoms with Gasteiger partial charge < -0.3 is 19.4 Å². The van der Waals surface area contributed by atoms with Gasteiger partial charge in [-0.2, -0.15) is 0 Å². The Morgan fingerprint density at radius 1 is 1.08 bits per heavy atom. The van der Waals surface area contributed by atoms with Gasteiger partial charge in [0, 0.05) is 46.3 Å². The van der Waals surface area contributed by atoms with Crippen molar-refractivity contribution in [3.63, 3.8) is 0 Å². The van der Waals surface area contributed by atoms with Gasteiger partial charge in [-0.05, 0) is 19.3 Å². The number of morpholine rings is 1. The SMILES string of the molecule is CN1C(=O)NC(=O)C2C1N=C(N1CCCCC1)N2CCN1CCOCC1. The second-order valence-electron chi connectivity index (χ2n) is 7.39. The van der Waals surface area contributed by atoms with E-state index in [-0.39, 0.29) is 11.9 Å². The Hall–Kier alpha value is -1.87. The molecule has 3 saturated heterocycles. The first-order chi connectivity index (χ1) is 12.6. The highest BCUT2D eigenvalue weighted by Gasteiger charge is 2.49. The number of nitrogens with one attached hydrogen (secondary N) is 1. The number of urea groups is 1. The molecule has 0 bridgehead atoms. The molecule has 0 aromatic heterocycles. The lowest BCUT2D eigenvalue weighted by atomic mass is 10.1. The van der Waals surface area contributed by atoms with Gasteiger partial charge in [-0.3, -0.25) is 15.0 Å². The molecule has 0 aromatic rings. The van der Waals surface area contributed by atoms with Crippen molar-refractivity contribution in [3.05, 3.63) is 0 Å². The summed E-state index contributed by atoms with van der Waals surface area (Å²) in [6.07, 6.45) is 3.10. The highest BCUT2D eigenvalue weighted by atomic mass is 16.5. The Labute approximate surface area is 153 Å².